The van der Waals surface area contributed by atoms with Crippen LogP contribution in [0.3, 0.4) is 0 Å². The van der Waals surface area contributed by atoms with E-state index in [-0.39, 0.29) is 5.91 Å². The summed E-state index contributed by atoms with van der Waals surface area (Å²) in [7, 11) is 0. The zero-order valence-corrected chi connectivity index (χ0v) is 17.6. The highest BCUT2D eigenvalue weighted by atomic mass is 32.2. The van der Waals surface area contributed by atoms with Crippen LogP contribution in [0.25, 0.3) is 5.69 Å². The normalized spacial score (nSPS) is 15.1. The summed E-state index contributed by atoms with van der Waals surface area (Å²) < 4.78 is 2.08. The zero-order valence-electron chi connectivity index (χ0n) is 16.0. The molecule has 7 heteroatoms. The van der Waals surface area contributed by atoms with E-state index < -0.39 is 0 Å². The van der Waals surface area contributed by atoms with Gasteiger partial charge in [0.05, 0.1) is 5.75 Å². The number of carbonyl (C=O) groups excluding carboxylic acids is 1. The molecule has 1 amide bonds. The summed E-state index contributed by atoms with van der Waals surface area (Å²) in [5.74, 6) is 2.21. The van der Waals surface area contributed by atoms with Crippen LogP contribution in [-0.2, 0) is 11.2 Å². The lowest BCUT2D eigenvalue weighted by atomic mass is 9.99. The van der Waals surface area contributed by atoms with Gasteiger partial charge in [-0.15, -0.1) is 21.5 Å². The Labute approximate surface area is 173 Å². The highest BCUT2D eigenvalue weighted by Crippen LogP contribution is 2.25. The van der Waals surface area contributed by atoms with E-state index >= 15 is 0 Å². The van der Waals surface area contributed by atoms with Gasteiger partial charge < -0.3 is 4.90 Å². The summed E-state index contributed by atoms with van der Waals surface area (Å²) in [5.41, 5.74) is 1.03. The Morgan fingerprint density at radius 3 is 2.64 bits per heavy atom. The number of rotatable bonds is 6. The molecule has 0 radical (unpaired) electrons. The fraction of sp³-hybridized carbons (Fsp3) is 0.381. The number of likely N-dealkylation sites (tertiary alicyclic amines) is 1. The summed E-state index contributed by atoms with van der Waals surface area (Å²) in [6, 6.07) is 14.3. The minimum Gasteiger partial charge on any atom is -0.342 e. The van der Waals surface area contributed by atoms with Crippen LogP contribution in [0.4, 0.5) is 0 Å². The van der Waals surface area contributed by atoms with Gasteiger partial charge in [-0.3, -0.25) is 9.36 Å². The highest BCUT2D eigenvalue weighted by molar-refractivity contribution is 7.99. The van der Waals surface area contributed by atoms with E-state index in [0.717, 1.165) is 54.9 Å². The highest BCUT2D eigenvalue weighted by Gasteiger charge is 2.22. The molecule has 5 nitrogen and oxygen atoms in total. The molecule has 1 saturated heterocycles. The fourth-order valence-corrected chi connectivity index (χ4v) is 4.96. The number of amides is 1. The lowest BCUT2D eigenvalue weighted by molar-refractivity contribution is -0.129. The molecule has 1 aliphatic heterocycles. The second-order valence-electron chi connectivity index (χ2n) is 7.18. The molecule has 3 aromatic rings. The van der Waals surface area contributed by atoms with Crippen molar-refractivity contribution in [3.05, 3.63) is 58.5 Å². The Balaban J connectivity index is 1.51. The Hall–Kier alpha value is -2.12. The number of hydrogen-bond donors (Lipinski definition) is 0. The van der Waals surface area contributed by atoms with E-state index in [0.29, 0.717) is 5.75 Å². The van der Waals surface area contributed by atoms with Crippen molar-refractivity contribution in [2.75, 3.05) is 18.8 Å². The van der Waals surface area contributed by atoms with Crippen LogP contribution < -0.4 is 0 Å². The Morgan fingerprint density at radius 1 is 1.14 bits per heavy atom. The van der Waals surface area contributed by atoms with Crippen LogP contribution in [-0.4, -0.2) is 44.4 Å². The van der Waals surface area contributed by atoms with Crippen LogP contribution in [0.5, 0.6) is 0 Å². The number of thiophene rings is 1. The molecule has 1 fully saturated rings. The lowest BCUT2D eigenvalue weighted by Gasteiger charge is -2.30. The number of hydrogen-bond acceptors (Lipinski definition) is 5. The van der Waals surface area contributed by atoms with Gasteiger partial charge in [-0.2, -0.15) is 0 Å². The Bertz CT molecular complexity index is 900. The average molecular weight is 413 g/mol. The van der Waals surface area contributed by atoms with Gasteiger partial charge in [0.25, 0.3) is 0 Å². The monoisotopic (exact) mass is 412 g/mol. The van der Waals surface area contributed by atoms with Gasteiger partial charge in [0, 0.05) is 30.1 Å². The molecule has 146 valence electrons. The van der Waals surface area contributed by atoms with Crippen LogP contribution in [0.15, 0.2) is 53.0 Å². The van der Waals surface area contributed by atoms with Crippen molar-refractivity contribution < 1.29 is 4.79 Å². The number of para-hydroxylation sites is 1. The standard InChI is InChI=1S/C21H24N4OS2/c1-16-9-11-24(12-10-16)20(26)15-28-21-23-22-19(14-18-8-5-13-27-18)25(21)17-6-3-2-4-7-17/h2-8,13,16H,9-12,14-15H2,1H3. The maximum Gasteiger partial charge on any atom is 0.233 e. The third-order valence-corrected chi connectivity index (χ3v) is 6.88. The largest absolute Gasteiger partial charge is 0.342 e. The van der Waals surface area contributed by atoms with E-state index in [1.54, 1.807) is 11.3 Å². The topological polar surface area (TPSA) is 51.0 Å². The molecule has 1 aliphatic rings. The number of carbonyl (C=O) groups is 1. The van der Waals surface area contributed by atoms with Crippen molar-refractivity contribution in [1.82, 2.24) is 19.7 Å². The van der Waals surface area contributed by atoms with Crippen molar-refractivity contribution >= 4 is 29.0 Å². The van der Waals surface area contributed by atoms with Crippen LogP contribution in [0.2, 0.25) is 0 Å². The second-order valence-corrected chi connectivity index (χ2v) is 9.15. The quantitative estimate of drug-likeness (QED) is 0.568. The fourth-order valence-electron chi connectivity index (χ4n) is 3.39. The van der Waals surface area contributed by atoms with Gasteiger partial charge in [-0.25, -0.2) is 0 Å². The maximum absolute atomic E-state index is 12.6. The van der Waals surface area contributed by atoms with Gasteiger partial charge in [0.15, 0.2) is 5.16 Å². The van der Waals surface area contributed by atoms with Crippen LogP contribution in [0.1, 0.15) is 30.5 Å². The SMILES string of the molecule is CC1CCN(C(=O)CSc2nnc(Cc3cccs3)n2-c2ccccc2)CC1. The van der Waals surface area contributed by atoms with E-state index in [1.807, 2.05) is 23.1 Å². The summed E-state index contributed by atoms with van der Waals surface area (Å²) >= 11 is 3.20. The molecule has 28 heavy (non-hydrogen) atoms. The Kier molecular flexibility index (Phi) is 6.12. The van der Waals surface area contributed by atoms with Crippen molar-refractivity contribution in [3.63, 3.8) is 0 Å². The number of thioether (sulfide) groups is 1. The van der Waals surface area contributed by atoms with E-state index in [9.17, 15) is 4.79 Å². The molecular formula is C21H24N4OS2. The maximum atomic E-state index is 12.6. The molecule has 0 spiro atoms. The smallest absolute Gasteiger partial charge is 0.233 e. The first-order valence-electron chi connectivity index (χ1n) is 9.63. The number of benzene rings is 1. The summed E-state index contributed by atoms with van der Waals surface area (Å²) in [5, 5.41) is 11.7. The lowest BCUT2D eigenvalue weighted by Crippen LogP contribution is -2.38. The average Bonchev–Trinajstić information content (AvgIpc) is 3.37. The third kappa shape index (κ3) is 4.47. The van der Waals surface area contributed by atoms with Gasteiger partial charge >= 0.3 is 0 Å². The van der Waals surface area contributed by atoms with Gasteiger partial charge in [0.1, 0.15) is 5.82 Å². The van der Waals surface area contributed by atoms with E-state index in [1.165, 1.54) is 16.6 Å². The van der Waals surface area contributed by atoms with Crippen LogP contribution >= 0.6 is 23.1 Å². The van der Waals surface area contributed by atoms with Gasteiger partial charge in [0.2, 0.25) is 5.91 Å². The molecule has 1 aromatic carbocycles. The number of nitrogens with zero attached hydrogens (tertiary/aromatic N) is 4. The third-order valence-electron chi connectivity index (χ3n) is 5.09. The van der Waals surface area contributed by atoms with Crippen LogP contribution in [0, 0.1) is 5.92 Å². The molecule has 2 aromatic heterocycles. The molecule has 0 aliphatic carbocycles. The molecule has 0 unspecified atom stereocenters. The molecule has 0 bridgehead atoms. The molecule has 0 saturated carbocycles. The number of aromatic nitrogens is 3. The number of piperidine rings is 1. The van der Waals surface area contributed by atoms with E-state index in [2.05, 4.69) is 51.3 Å². The minimum atomic E-state index is 0.194. The second kappa shape index (κ2) is 8.92. The molecule has 4 rings (SSSR count). The first-order chi connectivity index (χ1) is 13.7. The Morgan fingerprint density at radius 2 is 1.93 bits per heavy atom. The molecule has 3 heterocycles. The summed E-state index contributed by atoms with van der Waals surface area (Å²) in [4.78, 5) is 15.9. The predicted octanol–water partition coefficient (Wildman–Crippen LogP) is 4.27. The van der Waals surface area contributed by atoms with Gasteiger partial charge in [-0.1, -0.05) is 43.0 Å². The predicted molar refractivity (Wildman–Crippen MR) is 114 cm³/mol. The summed E-state index contributed by atoms with van der Waals surface area (Å²) in [6.07, 6.45) is 2.93. The van der Waals surface area contributed by atoms with Crippen molar-refractivity contribution in [2.45, 2.75) is 31.3 Å². The molecule has 0 N–H and O–H groups in total. The van der Waals surface area contributed by atoms with E-state index in [4.69, 9.17) is 0 Å². The van der Waals surface area contributed by atoms with Crippen molar-refractivity contribution in [1.29, 1.82) is 0 Å². The first-order valence-corrected chi connectivity index (χ1v) is 11.5. The zero-order chi connectivity index (χ0) is 19.3. The van der Waals surface area contributed by atoms with Crippen molar-refractivity contribution in [3.8, 4) is 5.69 Å². The minimum absolute atomic E-state index is 0.194. The molecule has 0 atom stereocenters. The molecular weight excluding hydrogens is 388 g/mol. The summed E-state index contributed by atoms with van der Waals surface area (Å²) in [6.45, 7) is 4.00. The van der Waals surface area contributed by atoms with Crippen molar-refractivity contribution in [2.24, 2.45) is 5.92 Å². The van der Waals surface area contributed by atoms with Gasteiger partial charge in [-0.05, 0) is 42.3 Å². The first kappa shape index (κ1) is 19.2.